The number of aromatic nitrogens is 2. The van der Waals surface area contributed by atoms with Crippen LogP contribution < -0.4 is 5.56 Å². The molecular weight excluding hydrogens is 431 g/mol. The van der Waals surface area contributed by atoms with Gasteiger partial charge in [0.15, 0.2) is 0 Å². The molecule has 8 heteroatoms. The van der Waals surface area contributed by atoms with Crippen molar-refractivity contribution in [3.05, 3.63) is 73.4 Å². The Balaban J connectivity index is 1.56. The summed E-state index contributed by atoms with van der Waals surface area (Å²) < 4.78 is 6.35. The second-order valence-corrected chi connectivity index (χ2v) is 8.43. The fraction of sp³-hybridized carbons (Fsp3) is 0.190. The van der Waals surface area contributed by atoms with Gasteiger partial charge in [0.05, 0.1) is 20.7 Å². The van der Waals surface area contributed by atoms with E-state index in [1.807, 2.05) is 37.3 Å². The van der Waals surface area contributed by atoms with Crippen molar-refractivity contribution >= 4 is 61.6 Å². The molecule has 1 unspecified atom stereocenters. The number of thiazole rings is 1. The topological polar surface area (TPSA) is 72.0 Å². The van der Waals surface area contributed by atoms with E-state index in [4.69, 9.17) is 27.9 Å². The molecule has 0 saturated carbocycles. The number of esters is 1. The number of carbonyl (C=O) groups excluding carboxylic acids is 1. The van der Waals surface area contributed by atoms with Gasteiger partial charge in [-0.15, -0.1) is 11.3 Å². The van der Waals surface area contributed by atoms with Crippen molar-refractivity contribution in [1.29, 1.82) is 0 Å². The number of rotatable bonds is 5. The summed E-state index contributed by atoms with van der Waals surface area (Å²) in [6, 6.07) is 12.7. The minimum atomic E-state index is -0.657. The van der Waals surface area contributed by atoms with Gasteiger partial charge in [-0.3, -0.25) is 9.59 Å². The lowest BCUT2D eigenvalue weighted by molar-refractivity contribution is -0.146. The number of H-pyrrole nitrogens is 1. The minimum Gasteiger partial charge on any atom is -0.458 e. The van der Waals surface area contributed by atoms with Crippen LogP contribution in [0.25, 0.3) is 21.1 Å². The summed E-state index contributed by atoms with van der Waals surface area (Å²) >= 11 is 13.6. The highest BCUT2D eigenvalue weighted by molar-refractivity contribution is 7.18. The minimum absolute atomic E-state index is 0.00805. The van der Waals surface area contributed by atoms with Crippen molar-refractivity contribution in [2.75, 3.05) is 0 Å². The van der Waals surface area contributed by atoms with E-state index in [-0.39, 0.29) is 12.2 Å². The van der Waals surface area contributed by atoms with Crippen molar-refractivity contribution in [2.24, 2.45) is 0 Å². The largest absolute Gasteiger partial charge is 0.458 e. The number of ether oxygens (including phenoxy) is 1. The quantitative estimate of drug-likeness (QED) is 0.400. The number of carbonyl (C=O) groups is 1. The van der Waals surface area contributed by atoms with E-state index in [9.17, 15) is 9.59 Å². The zero-order valence-corrected chi connectivity index (χ0v) is 17.7. The molecule has 0 aliphatic carbocycles. The lowest BCUT2D eigenvalue weighted by Gasteiger charge is -2.14. The fourth-order valence-corrected chi connectivity index (χ4v) is 4.52. The summed E-state index contributed by atoms with van der Waals surface area (Å²) in [6.45, 7) is 1.86. The maximum atomic E-state index is 12.7. The van der Waals surface area contributed by atoms with Crippen LogP contribution in [0.2, 0.25) is 10.0 Å². The summed E-state index contributed by atoms with van der Waals surface area (Å²) in [5, 5.41) is 2.28. The Hall–Kier alpha value is -2.41. The number of hydrogen-bond donors (Lipinski definition) is 1. The number of nitrogens with one attached hydrogen (secondary N) is 1. The predicted molar refractivity (Wildman–Crippen MR) is 117 cm³/mol. The van der Waals surface area contributed by atoms with Gasteiger partial charge in [0.1, 0.15) is 17.1 Å². The van der Waals surface area contributed by atoms with E-state index in [1.165, 1.54) is 11.3 Å². The highest BCUT2D eigenvalue weighted by Gasteiger charge is 2.24. The molecule has 1 atom stereocenters. The van der Waals surface area contributed by atoms with Crippen LogP contribution in [0.3, 0.4) is 0 Å². The second kappa shape index (κ2) is 8.14. The van der Waals surface area contributed by atoms with Gasteiger partial charge in [0, 0.05) is 11.1 Å². The Bertz CT molecular complexity index is 1280. The Labute approximate surface area is 180 Å². The van der Waals surface area contributed by atoms with E-state index in [1.54, 1.807) is 12.1 Å². The molecule has 0 saturated heterocycles. The standard InChI is InChI=1S/C21H16Cl2N2O3S/c1-2-12(13-9-11-5-3-4-6-15(11)24-20(13)26)21(27)28-10-17-25-19-16(29-17)8-7-14(22)18(19)23/h3-9,12H,2,10H2,1H3,(H,24,26). The molecule has 0 amide bonds. The second-order valence-electron chi connectivity index (χ2n) is 6.53. The van der Waals surface area contributed by atoms with Gasteiger partial charge in [0.2, 0.25) is 0 Å². The van der Waals surface area contributed by atoms with E-state index in [0.717, 1.165) is 15.6 Å². The van der Waals surface area contributed by atoms with E-state index >= 15 is 0 Å². The number of aromatic amines is 1. The molecule has 0 aliphatic heterocycles. The highest BCUT2D eigenvalue weighted by Crippen LogP contribution is 2.33. The van der Waals surface area contributed by atoms with Gasteiger partial charge in [-0.2, -0.15) is 0 Å². The molecule has 29 heavy (non-hydrogen) atoms. The summed E-state index contributed by atoms with van der Waals surface area (Å²) in [4.78, 5) is 32.5. The molecule has 1 N–H and O–H groups in total. The van der Waals surface area contributed by atoms with Crippen molar-refractivity contribution in [3.8, 4) is 0 Å². The molecule has 0 fully saturated rings. The Morgan fingerprint density at radius 1 is 1.24 bits per heavy atom. The van der Waals surface area contributed by atoms with Crippen molar-refractivity contribution in [2.45, 2.75) is 25.9 Å². The molecule has 2 heterocycles. The number of para-hydroxylation sites is 1. The number of pyridine rings is 1. The Morgan fingerprint density at radius 2 is 2.03 bits per heavy atom. The van der Waals surface area contributed by atoms with Crippen LogP contribution in [-0.2, 0) is 16.1 Å². The maximum absolute atomic E-state index is 12.7. The molecule has 0 spiro atoms. The van der Waals surface area contributed by atoms with Crippen LogP contribution in [0.15, 0.2) is 47.3 Å². The third kappa shape index (κ3) is 3.88. The van der Waals surface area contributed by atoms with Gasteiger partial charge < -0.3 is 9.72 Å². The molecule has 2 aromatic carbocycles. The molecule has 2 aromatic heterocycles. The lowest BCUT2D eigenvalue weighted by atomic mass is 9.96. The summed E-state index contributed by atoms with van der Waals surface area (Å²) in [7, 11) is 0. The average molecular weight is 447 g/mol. The smallest absolute Gasteiger partial charge is 0.314 e. The molecule has 0 radical (unpaired) electrons. The van der Waals surface area contributed by atoms with E-state index < -0.39 is 11.9 Å². The zero-order valence-electron chi connectivity index (χ0n) is 15.4. The number of halogens is 2. The lowest BCUT2D eigenvalue weighted by Crippen LogP contribution is -2.23. The zero-order chi connectivity index (χ0) is 20.5. The SMILES string of the molecule is CCC(C(=O)OCc1nc2c(Cl)c(Cl)ccc2s1)c1cc2ccccc2[nH]c1=O. The Morgan fingerprint density at radius 3 is 2.83 bits per heavy atom. The third-order valence-corrected chi connectivity index (χ3v) is 6.47. The van der Waals surface area contributed by atoms with Crippen LogP contribution in [0, 0.1) is 0 Å². The third-order valence-electron chi connectivity index (χ3n) is 4.68. The number of hydrogen-bond acceptors (Lipinski definition) is 5. The van der Waals surface area contributed by atoms with E-state index in [2.05, 4.69) is 9.97 Å². The molecule has 0 bridgehead atoms. The van der Waals surface area contributed by atoms with Crippen LogP contribution in [0.4, 0.5) is 0 Å². The summed E-state index contributed by atoms with van der Waals surface area (Å²) in [5.74, 6) is -1.12. The molecular formula is C21H16Cl2N2O3S. The van der Waals surface area contributed by atoms with Crippen LogP contribution >= 0.6 is 34.5 Å². The summed E-state index contributed by atoms with van der Waals surface area (Å²) in [5.41, 5.74) is 1.44. The van der Waals surface area contributed by atoms with Gasteiger partial charge in [-0.05, 0) is 36.1 Å². The summed E-state index contributed by atoms with van der Waals surface area (Å²) in [6.07, 6.45) is 0.446. The number of nitrogens with zero attached hydrogens (tertiary/aromatic N) is 1. The average Bonchev–Trinajstić information content (AvgIpc) is 3.14. The van der Waals surface area contributed by atoms with Crippen molar-refractivity contribution in [1.82, 2.24) is 9.97 Å². The Kier molecular flexibility index (Phi) is 5.58. The van der Waals surface area contributed by atoms with Gasteiger partial charge in [-0.25, -0.2) is 4.98 Å². The number of benzene rings is 2. The van der Waals surface area contributed by atoms with E-state index in [0.29, 0.717) is 32.6 Å². The van der Waals surface area contributed by atoms with Crippen LogP contribution in [0.5, 0.6) is 0 Å². The predicted octanol–water partition coefficient (Wildman–Crippen LogP) is 5.68. The first-order valence-corrected chi connectivity index (χ1v) is 10.6. The fourth-order valence-electron chi connectivity index (χ4n) is 3.22. The molecule has 5 nitrogen and oxygen atoms in total. The van der Waals surface area contributed by atoms with Crippen molar-refractivity contribution < 1.29 is 9.53 Å². The van der Waals surface area contributed by atoms with Crippen molar-refractivity contribution in [3.63, 3.8) is 0 Å². The first kappa shape index (κ1) is 19.9. The van der Waals surface area contributed by atoms with Crippen LogP contribution in [0.1, 0.15) is 29.8 Å². The molecule has 148 valence electrons. The monoisotopic (exact) mass is 446 g/mol. The number of fused-ring (bicyclic) bond motifs is 2. The normalized spacial score (nSPS) is 12.4. The molecule has 0 aliphatic rings. The van der Waals surface area contributed by atoms with Gasteiger partial charge in [-0.1, -0.05) is 48.3 Å². The van der Waals surface area contributed by atoms with Gasteiger partial charge >= 0.3 is 5.97 Å². The van der Waals surface area contributed by atoms with Gasteiger partial charge in [0.25, 0.3) is 5.56 Å². The van der Waals surface area contributed by atoms with Crippen LogP contribution in [-0.4, -0.2) is 15.9 Å². The highest BCUT2D eigenvalue weighted by atomic mass is 35.5. The molecule has 4 rings (SSSR count). The first-order chi connectivity index (χ1) is 14.0. The first-order valence-electron chi connectivity index (χ1n) is 9.00. The maximum Gasteiger partial charge on any atom is 0.314 e. The molecule has 4 aromatic rings.